The van der Waals surface area contributed by atoms with Gasteiger partial charge in [-0.2, -0.15) is 0 Å². The van der Waals surface area contributed by atoms with E-state index in [1.165, 1.54) is 5.56 Å². The molecule has 2 aromatic carbocycles. The zero-order chi connectivity index (χ0) is 14.2. The van der Waals surface area contributed by atoms with E-state index >= 15 is 0 Å². The summed E-state index contributed by atoms with van der Waals surface area (Å²) < 4.78 is 11.3. The second kappa shape index (κ2) is 7.43. The minimum atomic E-state index is 0.595. The summed E-state index contributed by atoms with van der Waals surface area (Å²) in [4.78, 5) is 0. The number of aryl methyl sites for hydroxylation is 1. The average molecular weight is 271 g/mol. The fourth-order valence-electron chi connectivity index (χ4n) is 1.87. The van der Waals surface area contributed by atoms with Gasteiger partial charge in [0.2, 0.25) is 0 Å². The number of rotatable bonds is 7. The Hall–Kier alpha value is -2.16. The third kappa shape index (κ3) is 4.19. The van der Waals surface area contributed by atoms with Crippen LogP contribution in [0.25, 0.3) is 0 Å². The van der Waals surface area contributed by atoms with E-state index in [-0.39, 0.29) is 0 Å². The van der Waals surface area contributed by atoms with Gasteiger partial charge in [-0.25, -0.2) is 0 Å². The first-order chi connectivity index (χ1) is 9.79. The molecule has 0 aliphatic rings. The molecule has 3 nitrogen and oxygen atoms in total. The maximum absolute atomic E-state index is 5.75. The van der Waals surface area contributed by atoms with Gasteiger partial charge in [0.15, 0.2) is 11.5 Å². The molecular weight excluding hydrogens is 250 g/mol. The third-order valence-corrected chi connectivity index (χ3v) is 2.89. The lowest BCUT2D eigenvalue weighted by Crippen LogP contribution is -2.12. The highest BCUT2D eigenvalue weighted by atomic mass is 16.5. The summed E-state index contributed by atoms with van der Waals surface area (Å²) in [5.41, 5.74) is 2.37. The molecule has 0 radical (unpaired) electrons. The van der Waals surface area contributed by atoms with E-state index in [9.17, 15) is 0 Å². The zero-order valence-corrected chi connectivity index (χ0v) is 12.1. The summed E-state index contributed by atoms with van der Waals surface area (Å²) in [6.45, 7) is 6.04. The molecule has 0 saturated heterocycles. The number of para-hydroxylation sites is 2. The third-order valence-electron chi connectivity index (χ3n) is 2.89. The summed E-state index contributed by atoms with van der Waals surface area (Å²) in [7, 11) is 0. The van der Waals surface area contributed by atoms with Crippen LogP contribution in [-0.2, 0) is 0 Å². The van der Waals surface area contributed by atoms with Crippen LogP contribution >= 0.6 is 0 Å². The van der Waals surface area contributed by atoms with Gasteiger partial charge in [-0.15, -0.1) is 0 Å². The molecule has 3 heteroatoms. The summed E-state index contributed by atoms with van der Waals surface area (Å²) in [5.74, 6) is 1.59. The lowest BCUT2D eigenvalue weighted by atomic mass is 10.2. The molecule has 0 aliphatic carbocycles. The highest BCUT2D eigenvalue weighted by molar-refractivity contribution is 5.44. The fraction of sp³-hybridized carbons (Fsp3) is 0.294. The van der Waals surface area contributed by atoms with Crippen molar-refractivity contribution in [2.75, 3.05) is 25.1 Å². The second-order valence-electron chi connectivity index (χ2n) is 4.52. The number of hydrogen-bond donors (Lipinski definition) is 1. The van der Waals surface area contributed by atoms with Crippen molar-refractivity contribution in [3.63, 3.8) is 0 Å². The Labute approximate surface area is 120 Å². The average Bonchev–Trinajstić information content (AvgIpc) is 2.47. The van der Waals surface area contributed by atoms with Crippen molar-refractivity contribution in [2.45, 2.75) is 13.8 Å². The molecule has 0 fully saturated rings. The summed E-state index contributed by atoms with van der Waals surface area (Å²) in [5, 5.41) is 3.33. The van der Waals surface area contributed by atoms with Gasteiger partial charge in [0.05, 0.1) is 6.61 Å². The SMILES string of the molecule is CCOc1ccccc1OCCNc1ccc(C)cc1. The summed E-state index contributed by atoms with van der Waals surface area (Å²) in [6.07, 6.45) is 0. The van der Waals surface area contributed by atoms with Crippen LogP contribution in [0.15, 0.2) is 48.5 Å². The van der Waals surface area contributed by atoms with Crippen LogP contribution in [0.3, 0.4) is 0 Å². The molecule has 0 saturated carbocycles. The fourth-order valence-corrected chi connectivity index (χ4v) is 1.87. The molecule has 0 amide bonds. The monoisotopic (exact) mass is 271 g/mol. The first kappa shape index (κ1) is 14.3. The Bertz CT molecular complexity index is 523. The maximum atomic E-state index is 5.75. The lowest BCUT2D eigenvalue weighted by molar-refractivity contribution is 0.284. The van der Waals surface area contributed by atoms with Gasteiger partial charge in [0.1, 0.15) is 6.61 Å². The van der Waals surface area contributed by atoms with Crippen LogP contribution in [0, 0.1) is 6.92 Å². The Morgan fingerprint density at radius 3 is 2.20 bits per heavy atom. The number of ether oxygens (including phenoxy) is 2. The number of hydrogen-bond acceptors (Lipinski definition) is 3. The van der Waals surface area contributed by atoms with Gasteiger partial charge < -0.3 is 14.8 Å². The molecule has 2 rings (SSSR count). The van der Waals surface area contributed by atoms with Gasteiger partial charge in [-0.3, -0.25) is 0 Å². The van der Waals surface area contributed by atoms with Crippen molar-refractivity contribution in [3.05, 3.63) is 54.1 Å². The predicted octanol–water partition coefficient (Wildman–Crippen LogP) is 3.88. The minimum Gasteiger partial charge on any atom is -0.490 e. The first-order valence-corrected chi connectivity index (χ1v) is 6.94. The maximum Gasteiger partial charge on any atom is 0.161 e. The number of nitrogens with one attached hydrogen (secondary N) is 1. The quantitative estimate of drug-likeness (QED) is 0.775. The second-order valence-corrected chi connectivity index (χ2v) is 4.52. The largest absolute Gasteiger partial charge is 0.490 e. The number of anilines is 1. The van der Waals surface area contributed by atoms with E-state index in [0.717, 1.165) is 23.7 Å². The molecule has 0 aliphatic heterocycles. The van der Waals surface area contributed by atoms with E-state index in [1.54, 1.807) is 0 Å². The smallest absolute Gasteiger partial charge is 0.161 e. The topological polar surface area (TPSA) is 30.5 Å². The molecule has 20 heavy (non-hydrogen) atoms. The normalized spacial score (nSPS) is 10.1. The molecule has 0 unspecified atom stereocenters. The Morgan fingerprint density at radius 1 is 0.900 bits per heavy atom. The Kier molecular flexibility index (Phi) is 5.30. The molecule has 0 atom stereocenters. The number of benzene rings is 2. The van der Waals surface area contributed by atoms with Gasteiger partial charge in [0.25, 0.3) is 0 Å². The lowest BCUT2D eigenvalue weighted by Gasteiger charge is -2.12. The highest BCUT2D eigenvalue weighted by Crippen LogP contribution is 2.26. The van der Waals surface area contributed by atoms with Gasteiger partial charge >= 0.3 is 0 Å². The van der Waals surface area contributed by atoms with Gasteiger partial charge in [0, 0.05) is 12.2 Å². The zero-order valence-electron chi connectivity index (χ0n) is 12.1. The van der Waals surface area contributed by atoms with E-state index < -0.39 is 0 Å². The van der Waals surface area contributed by atoms with Gasteiger partial charge in [-0.1, -0.05) is 29.8 Å². The predicted molar refractivity (Wildman–Crippen MR) is 82.8 cm³/mol. The van der Waals surface area contributed by atoms with Crippen molar-refractivity contribution in [1.29, 1.82) is 0 Å². The highest BCUT2D eigenvalue weighted by Gasteiger charge is 2.02. The molecule has 106 valence electrons. The summed E-state index contributed by atoms with van der Waals surface area (Å²) in [6, 6.07) is 16.1. The first-order valence-electron chi connectivity index (χ1n) is 6.94. The molecule has 0 heterocycles. The Balaban J connectivity index is 1.79. The van der Waals surface area contributed by atoms with E-state index in [2.05, 4.69) is 36.5 Å². The molecule has 2 aromatic rings. The van der Waals surface area contributed by atoms with Crippen LogP contribution in [0.2, 0.25) is 0 Å². The van der Waals surface area contributed by atoms with E-state index in [0.29, 0.717) is 13.2 Å². The van der Waals surface area contributed by atoms with Crippen LogP contribution in [0.5, 0.6) is 11.5 Å². The summed E-state index contributed by atoms with van der Waals surface area (Å²) >= 11 is 0. The van der Waals surface area contributed by atoms with Crippen molar-refractivity contribution >= 4 is 5.69 Å². The van der Waals surface area contributed by atoms with Crippen LogP contribution in [-0.4, -0.2) is 19.8 Å². The standard InChI is InChI=1S/C17H21NO2/c1-3-19-16-6-4-5-7-17(16)20-13-12-18-15-10-8-14(2)9-11-15/h4-11,18H,3,12-13H2,1-2H3. The molecule has 0 aromatic heterocycles. The van der Waals surface area contributed by atoms with Crippen LogP contribution < -0.4 is 14.8 Å². The molecule has 0 spiro atoms. The van der Waals surface area contributed by atoms with Crippen molar-refractivity contribution in [1.82, 2.24) is 0 Å². The van der Waals surface area contributed by atoms with E-state index in [1.807, 2.05) is 31.2 Å². The minimum absolute atomic E-state index is 0.595. The Morgan fingerprint density at radius 2 is 1.55 bits per heavy atom. The van der Waals surface area contributed by atoms with E-state index in [4.69, 9.17) is 9.47 Å². The molecular formula is C17H21NO2. The van der Waals surface area contributed by atoms with Crippen LogP contribution in [0.4, 0.5) is 5.69 Å². The van der Waals surface area contributed by atoms with Crippen molar-refractivity contribution in [3.8, 4) is 11.5 Å². The molecule has 0 bridgehead atoms. The van der Waals surface area contributed by atoms with Crippen LogP contribution in [0.1, 0.15) is 12.5 Å². The van der Waals surface area contributed by atoms with Gasteiger partial charge in [-0.05, 0) is 38.1 Å². The van der Waals surface area contributed by atoms with Crippen molar-refractivity contribution in [2.24, 2.45) is 0 Å². The van der Waals surface area contributed by atoms with Crippen molar-refractivity contribution < 1.29 is 9.47 Å². The molecule has 1 N–H and O–H groups in total.